The van der Waals surface area contributed by atoms with E-state index in [1.54, 1.807) is 6.92 Å². The summed E-state index contributed by atoms with van der Waals surface area (Å²) < 4.78 is 5.59. The van der Waals surface area contributed by atoms with Gasteiger partial charge in [0.15, 0.2) is 0 Å². The van der Waals surface area contributed by atoms with Crippen LogP contribution in [-0.4, -0.2) is 11.7 Å². The quantitative estimate of drug-likeness (QED) is 0.872. The van der Waals surface area contributed by atoms with E-state index in [1.807, 2.05) is 32.0 Å². The van der Waals surface area contributed by atoms with Gasteiger partial charge in [0, 0.05) is 11.1 Å². The van der Waals surface area contributed by atoms with Crippen LogP contribution in [0.3, 0.4) is 0 Å². The van der Waals surface area contributed by atoms with Gasteiger partial charge in [-0.1, -0.05) is 23.2 Å². The zero-order valence-corrected chi connectivity index (χ0v) is 10.6. The Kier molecular flexibility index (Phi) is 4.84. The van der Waals surface area contributed by atoms with Crippen molar-refractivity contribution in [1.29, 1.82) is 0 Å². The van der Waals surface area contributed by atoms with Crippen LogP contribution < -0.4 is 4.74 Å². The number of rotatable bonds is 4. The van der Waals surface area contributed by atoms with Crippen molar-refractivity contribution in [2.24, 2.45) is 0 Å². The van der Waals surface area contributed by atoms with E-state index < -0.39 is 6.10 Å². The molecule has 0 fully saturated rings. The van der Waals surface area contributed by atoms with Gasteiger partial charge in [0.25, 0.3) is 0 Å². The highest BCUT2D eigenvalue weighted by Crippen LogP contribution is 2.26. The van der Waals surface area contributed by atoms with E-state index in [0.717, 1.165) is 16.7 Å². The van der Waals surface area contributed by atoms with E-state index >= 15 is 0 Å². The molecule has 1 aromatic rings. The van der Waals surface area contributed by atoms with Gasteiger partial charge in [-0.05, 0) is 38.5 Å². The summed E-state index contributed by atoms with van der Waals surface area (Å²) in [7, 11) is 0. The normalized spacial score (nSPS) is 13.7. The largest absolute Gasteiger partial charge is 0.489 e. The average Bonchev–Trinajstić information content (AvgIpc) is 2.26. The van der Waals surface area contributed by atoms with E-state index in [4.69, 9.17) is 16.3 Å². The monoisotopic (exact) mass is 240 g/mol. The van der Waals surface area contributed by atoms with Crippen LogP contribution in [0.25, 0.3) is 0 Å². The minimum absolute atomic E-state index is 0.437. The summed E-state index contributed by atoms with van der Waals surface area (Å²) >= 11 is 5.55. The van der Waals surface area contributed by atoms with Crippen molar-refractivity contribution in [3.63, 3.8) is 0 Å². The number of halogens is 1. The molecule has 88 valence electrons. The van der Waals surface area contributed by atoms with Crippen LogP contribution >= 0.6 is 11.6 Å². The van der Waals surface area contributed by atoms with Gasteiger partial charge >= 0.3 is 0 Å². The Labute approximate surface area is 102 Å². The molecule has 0 amide bonds. The van der Waals surface area contributed by atoms with Gasteiger partial charge < -0.3 is 9.84 Å². The second kappa shape index (κ2) is 5.92. The Morgan fingerprint density at radius 1 is 1.56 bits per heavy atom. The molecular formula is C13H17ClO2. The standard InChI is InChI=1S/C13H17ClO2/c1-9-4-5-13(12(6-9)11(3)15)16-8-10(2)7-14/h4-7,11,15H,8H2,1-3H3/b10-7+/t11-/m1/s1. The zero-order valence-electron chi connectivity index (χ0n) is 9.83. The van der Waals surface area contributed by atoms with Crippen molar-refractivity contribution in [1.82, 2.24) is 0 Å². The van der Waals surface area contributed by atoms with Crippen molar-refractivity contribution in [3.05, 3.63) is 40.4 Å². The molecule has 1 aromatic carbocycles. The average molecular weight is 241 g/mol. The number of aryl methyl sites for hydroxylation is 1. The Bertz CT molecular complexity index is 384. The van der Waals surface area contributed by atoms with Gasteiger partial charge in [-0.15, -0.1) is 0 Å². The lowest BCUT2D eigenvalue weighted by Gasteiger charge is -2.14. The second-order valence-electron chi connectivity index (χ2n) is 3.96. The maximum absolute atomic E-state index is 9.63. The molecular weight excluding hydrogens is 224 g/mol. The fourth-order valence-corrected chi connectivity index (χ4v) is 1.41. The van der Waals surface area contributed by atoms with Crippen LogP contribution in [0, 0.1) is 6.92 Å². The third-order valence-corrected chi connectivity index (χ3v) is 2.63. The molecule has 0 aliphatic heterocycles. The van der Waals surface area contributed by atoms with Crippen LogP contribution in [0.4, 0.5) is 0 Å². The number of aliphatic hydroxyl groups is 1. The first-order valence-corrected chi connectivity index (χ1v) is 5.65. The van der Waals surface area contributed by atoms with Gasteiger partial charge in [0.1, 0.15) is 12.4 Å². The number of benzene rings is 1. The third kappa shape index (κ3) is 3.54. The number of hydrogen-bond donors (Lipinski definition) is 1. The molecule has 0 aliphatic carbocycles. The van der Waals surface area contributed by atoms with E-state index in [-0.39, 0.29) is 0 Å². The molecule has 0 aromatic heterocycles. The van der Waals surface area contributed by atoms with E-state index in [1.165, 1.54) is 5.54 Å². The number of ether oxygens (including phenoxy) is 1. The summed E-state index contributed by atoms with van der Waals surface area (Å²) in [6, 6.07) is 5.76. The lowest BCUT2D eigenvalue weighted by Crippen LogP contribution is -2.03. The molecule has 0 saturated carbocycles. The summed E-state index contributed by atoms with van der Waals surface area (Å²) in [4.78, 5) is 0. The number of hydrogen-bond acceptors (Lipinski definition) is 2. The zero-order chi connectivity index (χ0) is 12.1. The van der Waals surface area contributed by atoms with E-state index in [0.29, 0.717) is 12.4 Å². The highest BCUT2D eigenvalue weighted by Gasteiger charge is 2.09. The van der Waals surface area contributed by atoms with Crippen molar-refractivity contribution >= 4 is 11.6 Å². The maximum Gasteiger partial charge on any atom is 0.125 e. The molecule has 0 bridgehead atoms. The Morgan fingerprint density at radius 2 is 2.25 bits per heavy atom. The van der Waals surface area contributed by atoms with Crippen LogP contribution in [-0.2, 0) is 0 Å². The second-order valence-corrected chi connectivity index (χ2v) is 4.18. The van der Waals surface area contributed by atoms with E-state index in [9.17, 15) is 5.11 Å². The predicted octanol–water partition coefficient (Wildman–Crippen LogP) is 3.57. The molecule has 1 rings (SSSR count). The molecule has 0 unspecified atom stereocenters. The molecule has 0 saturated heterocycles. The van der Waals surface area contributed by atoms with Gasteiger partial charge in [-0.2, -0.15) is 0 Å². The van der Waals surface area contributed by atoms with Gasteiger partial charge in [-0.3, -0.25) is 0 Å². The highest BCUT2D eigenvalue weighted by atomic mass is 35.5. The van der Waals surface area contributed by atoms with Crippen LogP contribution in [0.15, 0.2) is 29.3 Å². The molecule has 0 aliphatic rings. The molecule has 2 nitrogen and oxygen atoms in total. The maximum atomic E-state index is 9.63. The topological polar surface area (TPSA) is 29.5 Å². The van der Waals surface area contributed by atoms with Crippen LogP contribution in [0.2, 0.25) is 0 Å². The van der Waals surface area contributed by atoms with Crippen molar-refractivity contribution in [2.75, 3.05) is 6.61 Å². The number of aliphatic hydroxyl groups excluding tert-OH is 1. The van der Waals surface area contributed by atoms with E-state index in [2.05, 4.69) is 0 Å². The van der Waals surface area contributed by atoms with Crippen LogP contribution in [0.5, 0.6) is 5.75 Å². The summed E-state index contributed by atoms with van der Waals surface area (Å²) in [5, 5.41) is 9.63. The minimum atomic E-state index is -0.532. The Balaban J connectivity index is 2.87. The first-order valence-electron chi connectivity index (χ1n) is 5.22. The summed E-state index contributed by atoms with van der Waals surface area (Å²) in [6.07, 6.45) is -0.532. The SMILES string of the molecule is C/C(=C\Cl)COc1ccc(C)cc1[C@@H](C)O. The summed E-state index contributed by atoms with van der Waals surface area (Å²) in [5.74, 6) is 0.707. The lowest BCUT2D eigenvalue weighted by atomic mass is 10.1. The smallest absolute Gasteiger partial charge is 0.125 e. The van der Waals surface area contributed by atoms with Gasteiger partial charge in [0.2, 0.25) is 0 Å². The Hall–Kier alpha value is -0.990. The van der Waals surface area contributed by atoms with Crippen molar-refractivity contribution in [3.8, 4) is 5.75 Å². The summed E-state index contributed by atoms with van der Waals surface area (Å²) in [6.45, 7) is 6.04. The lowest BCUT2D eigenvalue weighted by molar-refractivity contribution is 0.192. The minimum Gasteiger partial charge on any atom is -0.489 e. The molecule has 3 heteroatoms. The molecule has 0 radical (unpaired) electrons. The molecule has 1 N–H and O–H groups in total. The predicted molar refractivity (Wildman–Crippen MR) is 66.9 cm³/mol. The first kappa shape index (κ1) is 13.1. The van der Waals surface area contributed by atoms with Crippen LogP contribution in [0.1, 0.15) is 31.1 Å². The van der Waals surface area contributed by atoms with Crippen molar-refractivity contribution < 1.29 is 9.84 Å². The fourth-order valence-electron chi connectivity index (χ4n) is 1.35. The summed E-state index contributed by atoms with van der Waals surface area (Å²) in [5.41, 5.74) is 4.35. The molecule has 1 atom stereocenters. The molecule has 0 heterocycles. The Morgan fingerprint density at radius 3 is 2.81 bits per heavy atom. The fraction of sp³-hybridized carbons (Fsp3) is 0.385. The molecule has 16 heavy (non-hydrogen) atoms. The first-order chi connectivity index (χ1) is 7.54. The van der Waals surface area contributed by atoms with Gasteiger partial charge in [-0.25, -0.2) is 0 Å². The van der Waals surface area contributed by atoms with Crippen molar-refractivity contribution in [2.45, 2.75) is 26.9 Å². The highest BCUT2D eigenvalue weighted by molar-refractivity contribution is 6.25. The molecule has 0 spiro atoms. The third-order valence-electron chi connectivity index (χ3n) is 2.26. The van der Waals surface area contributed by atoms with Gasteiger partial charge in [0.05, 0.1) is 6.10 Å².